The fourth-order valence-electron chi connectivity index (χ4n) is 1.42. The number of fused-ring (bicyclic) bond motifs is 1. The maximum absolute atomic E-state index is 11.7. The summed E-state index contributed by atoms with van der Waals surface area (Å²) >= 11 is 0. The number of amides is 1. The zero-order chi connectivity index (χ0) is 12.4. The molecule has 17 heavy (non-hydrogen) atoms. The van der Waals surface area contributed by atoms with E-state index in [-0.39, 0.29) is 0 Å². The molecule has 1 amide bonds. The topological polar surface area (TPSA) is 95.1 Å². The standard InChI is InChI=1S/C11H11N3O3/c1-6(11(16)17)14-10(15)7-2-3-8-9(4-7)13-5-12-8/h2-6H,1H3,(H,12,13)(H,14,15)(H,16,17)/t6-/m1/s1. The molecule has 1 atom stereocenters. The Morgan fingerprint density at radius 2 is 2.24 bits per heavy atom. The number of aromatic nitrogens is 2. The van der Waals surface area contributed by atoms with Gasteiger partial charge in [0, 0.05) is 5.56 Å². The quantitative estimate of drug-likeness (QED) is 0.729. The van der Waals surface area contributed by atoms with Crippen LogP contribution in [0.1, 0.15) is 17.3 Å². The first-order valence-electron chi connectivity index (χ1n) is 5.05. The Hall–Kier alpha value is -2.37. The van der Waals surface area contributed by atoms with Gasteiger partial charge < -0.3 is 15.4 Å². The van der Waals surface area contributed by atoms with E-state index in [1.54, 1.807) is 18.2 Å². The summed E-state index contributed by atoms with van der Waals surface area (Å²) in [6, 6.07) is 4.02. The lowest BCUT2D eigenvalue weighted by Gasteiger charge is -2.08. The SMILES string of the molecule is C[C@@H](NC(=O)c1ccc2nc[nH]c2c1)C(=O)O. The van der Waals surface area contributed by atoms with Gasteiger partial charge in [0.2, 0.25) is 0 Å². The molecule has 0 aliphatic carbocycles. The number of hydrogen-bond acceptors (Lipinski definition) is 3. The highest BCUT2D eigenvalue weighted by atomic mass is 16.4. The van der Waals surface area contributed by atoms with Crippen LogP contribution in [0.3, 0.4) is 0 Å². The molecule has 0 aliphatic rings. The average molecular weight is 233 g/mol. The van der Waals surface area contributed by atoms with Gasteiger partial charge in [0.25, 0.3) is 5.91 Å². The summed E-state index contributed by atoms with van der Waals surface area (Å²) in [6.07, 6.45) is 1.53. The Labute approximate surface area is 96.7 Å². The molecule has 0 aliphatic heterocycles. The number of nitrogens with one attached hydrogen (secondary N) is 2. The first-order valence-corrected chi connectivity index (χ1v) is 5.05. The fraction of sp³-hybridized carbons (Fsp3) is 0.182. The molecule has 6 nitrogen and oxygen atoms in total. The van der Waals surface area contributed by atoms with Gasteiger partial charge in [0.05, 0.1) is 17.4 Å². The molecule has 0 bridgehead atoms. The van der Waals surface area contributed by atoms with E-state index in [1.807, 2.05) is 0 Å². The van der Waals surface area contributed by atoms with Gasteiger partial charge >= 0.3 is 5.97 Å². The number of carbonyl (C=O) groups is 2. The highest BCUT2D eigenvalue weighted by Crippen LogP contribution is 2.11. The van der Waals surface area contributed by atoms with E-state index in [0.29, 0.717) is 5.56 Å². The number of rotatable bonds is 3. The lowest BCUT2D eigenvalue weighted by Crippen LogP contribution is -2.38. The second-order valence-corrected chi connectivity index (χ2v) is 3.67. The van der Waals surface area contributed by atoms with Crippen LogP contribution in [0.2, 0.25) is 0 Å². The van der Waals surface area contributed by atoms with Gasteiger partial charge in [0.15, 0.2) is 0 Å². The number of benzene rings is 1. The second kappa shape index (κ2) is 4.25. The molecule has 2 rings (SSSR count). The van der Waals surface area contributed by atoms with Gasteiger partial charge in [0.1, 0.15) is 6.04 Å². The first-order chi connectivity index (χ1) is 8.08. The Balaban J connectivity index is 2.21. The molecule has 3 N–H and O–H groups in total. The van der Waals surface area contributed by atoms with Crippen molar-refractivity contribution in [2.75, 3.05) is 0 Å². The Morgan fingerprint density at radius 3 is 2.94 bits per heavy atom. The van der Waals surface area contributed by atoms with Crippen molar-refractivity contribution in [1.29, 1.82) is 0 Å². The van der Waals surface area contributed by atoms with Crippen molar-refractivity contribution in [2.45, 2.75) is 13.0 Å². The summed E-state index contributed by atoms with van der Waals surface area (Å²) in [5, 5.41) is 11.1. The van der Waals surface area contributed by atoms with Crippen molar-refractivity contribution < 1.29 is 14.7 Å². The number of imidazole rings is 1. The van der Waals surface area contributed by atoms with Crippen LogP contribution in [0.5, 0.6) is 0 Å². The van der Waals surface area contributed by atoms with E-state index in [1.165, 1.54) is 13.3 Å². The van der Waals surface area contributed by atoms with Crippen molar-refractivity contribution in [3.05, 3.63) is 30.1 Å². The molecule has 1 heterocycles. The predicted octanol–water partition coefficient (Wildman–Crippen LogP) is 0.766. The molecule has 0 fully saturated rings. The van der Waals surface area contributed by atoms with E-state index >= 15 is 0 Å². The fourth-order valence-corrected chi connectivity index (χ4v) is 1.42. The number of aliphatic carboxylic acids is 1. The number of H-pyrrole nitrogens is 1. The van der Waals surface area contributed by atoms with E-state index in [4.69, 9.17) is 5.11 Å². The van der Waals surface area contributed by atoms with Gasteiger partial charge in [-0.2, -0.15) is 0 Å². The number of aromatic amines is 1. The molecule has 1 aromatic carbocycles. The maximum atomic E-state index is 11.7. The lowest BCUT2D eigenvalue weighted by atomic mass is 10.2. The largest absolute Gasteiger partial charge is 0.480 e. The molecule has 0 unspecified atom stereocenters. The summed E-state index contributed by atoms with van der Waals surface area (Å²) < 4.78 is 0. The van der Waals surface area contributed by atoms with Crippen LogP contribution in [0.25, 0.3) is 11.0 Å². The zero-order valence-electron chi connectivity index (χ0n) is 9.10. The molecule has 1 aromatic heterocycles. The Bertz CT molecular complexity index is 576. The van der Waals surface area contributed by atoms with Crippen molar-refractivity contribution in [3.8, 4) is 0 Å². The van der Waals surface area contributed by atoms with Crippen molar-refractivity contribution in [2.24, 2.45) is 0 Å². The van der Waals surface area contributed by atoms with Gasteiger partial charge in [-0.1, -0.05) is 0 Å². The predicted molar refractivity (Wildman–Crippen MR) is 60.7 cm³/mol. The number of carboxylic acid groups (broad SMARTS) is 1. The number of carboxylic acids is 1. The third-order valence-corrected chi connectivity index (χ3v) is 2.40. The van der Waals surface area contributed by atoms with Crippen LogP contribution < -0.4 is 5.32 Å². The molecular formula is C11H11N3O3. The minimum atomic E-state index is -1.07. The Kier molecular flexibility index (Phi) is 2.78. The first kappa shape index (κ1) is 11.1. The molecule has 0 radical (unpaired) electrons. The average Bonchev–Trinajstić information content (AvgIpc) is 2.75. The third kappa shape index (κ3) is 2.25. The van der Waals surface area contributed by atoms with Crippen molar-refractivity contribution in [3.63, 3.8) is 0 Å². The van der Waals surface area contributed by atoms with Crippen LogP contribution in [-0.2, 0) is 4.79 Å². The molecular weight excluding hydrogens is 222 g/mol. The minimum absolute atomic E-state index is 0.398. The van der Waals surface area contributed by atoms with Crippen LogP contribution in [0.15, 0.2) is 24.5 Å². The van der Waals surface area contributed by atoms with Gasteiger partial charge in [-0.3, -0.25) is 9.59 Å². The van der Waals surface area contributed by atoms with Crippen LogP contribution in [0, 0.1) is 0 Å². The zero-order valence-corrected chi connectivity index (χ0v) is 9.10. The normalized spacial score (nSPS) is 12.3. The summed E-state index contributed by atoms with van der Waals surface area (Å²) in [6.45, 7) is 1.41. The molecule has 0 saturated carbocycles. The monoisotopic (exact) mass is 233 g/mol. The summed E-state index contributed by atoms with van der Waals surface area (Å²) in [5.74, 6) is -1.49. The van der Waals surface area contributed by atoms with Gasteiger partial charge in [-0.15, -0.1) is 0 Å². The van der Waals surface area contributed by atoms with Crippen molar-refractivity contribution in [1.82, 2.24) is 15.3 Å². The highest BCUT2D eigenvalue weighted by Gasteiger charge is 2.15. The van der Waals surface area contributed by atoms with E-state index < -0.39 is 17.9 Å². The molecule has 0 spiro atoms. The third-order valence-electron chi connectivity index (χ3n) is 2.40. The van der Waals surface area contributed by atoms with E-state index in [2.05, 4.69) is 15.3 Å². The molecule has 0 saturated heterocycles. The lowest BCUT2D eigenvalue weighted by molar-refractivity contribution is -0.138. The van der Waals surface area contributed by atoms with Crippen molar-refractivity contribution >= 4 is 22.9 Å². The van der Waals surface area contributed by atoms with E-state index in [0.717, 1.165) is 11.0 Å². The number of hydrogen-bond donors (Lipinski definition) is 3. The summed E-state index contributed by atoms with van der Waals surface area (Å²) in [4.78, 5) is 29.2. The van der Waals surface area contributed by atoms with Crippen LogP contribution in [-0.4, -0.2) is 33.0 Å². The summed E-state index contributed by atoms with van der Waals surface area (Å²) in [7, 11) is 0. The molecule has 2 aromatic rings. The summed E-state index contributed by atoms with van der Waals surface area (Å²) in [5.41, 5.74) is 1.89. The second-order valence-electron chi connectivity index (χ2n) is 3.67. The number of carbonyl (C=O) groups excluding carboxylic acids is 1. The number of nitrogens with zero attached hydrogens (tertiary/aromatic N) is 1. The van der Waals surface area contributed by atoms with Crippen LogP contribution >= 0.6 is 0 Å². The molecule has 88 valence electrons. The maximum Gasteiger partial charge on any atom is 0.325 e. The Morgan fingerprint density at radius 1 is 1.47 bits per heavy atom. The smallest absolute Gasteiger partial charge is 0.325 e. The minimum Gasteiger partial charge on any atom is -0.480 e. The van der Waals surface area contributed by atoms with Gasteiger partial charge in [-0.25, -0.2) is 4.98 Å². The van der Waals surface area contributed by atoms with E-state index in [9.17, 15) is 9.59 Å². The van der Waals surface area contributed by atoms with Gasteiger partial charge in [-0.05, 0) is 25.1 Å². The highest BCUT2D eigenvalue weighted by molar-refractivity contribution is 5.98. The van der Waals surface area contributed by atoms with Crippen LogP contribution in [0.4, 0.5) is 0 Å². The molecule has 6 heteroatoms.